The fourth-order valence-electron chi connectivity index (χ4n) is 1.94. The lowest BCUT2D eigenvalue weighted by atomic mass is 10.0. The molecule has 1 atom stereocenters. The Morgan fingerprint density at radius 3 is 2.38 bits per heavy atom. The first-order valence-corrected chi connectivity index (χ1v) is 7.81. The van der Waals surface area contributed by atoms with Crippen molar-refractivity contribution in [2.75, 3.05) is 7.05 Å². The van der Waals surface area contributed by atoms with Gasteiger partial charge in [0.1, 0.15) is 5.75 Å². The number of ether oxygens (including phenoxy) is 1. The summed E-state index contributed by atoms with van der Waals surface area (Å²) in [7, 11) is 1.83. The average Bonchev–Trinajstić information content (AvgIpc) is 2.81. The van der Waals surface area contributed by atoms with Crippen LogP contribution in [0.4, 0.5) is 13.2 Å². The van der Waals surface area contributed by atoms with E-state index in [0.29, 0.717) is 0 Å². The minimum absolute atomic E-state index is 0.0277. The number of alkyl halides is 3. The molecule has 0 amide bonds. The molecular formula is C14H13BrF3NOS. The van der Waals surface area contributed by atoms with Gasteiger partial charge in [0.15, 0.2) is 0 Å². The van der Waals surface area contributed by atoms with Gasteiger partial charge in [-0.25, -0.2) is 0 Å². The zero-order valence-electron chi connectivity index (χ0n) is 11.1. The fourth-order valence-corrected chi connectivity index (χ4v) is 3.51. The maximum atomic E-state index is 12.1. The Kier molecular flexibility index (Phi) is 5.29. The van der Waals surface area contributed by atoms with Crippen molar-refractivity contribution in [3.63, 3.8) is 0 Å². The van der Waals surface area contributed by atoms with E-state index < -0.39 is 6.36 Å². The predicted molar refractivity (Wildman–Crippen MR) is 80.6 cm³/mol. The third-order valence-electron chi connectivity index (χ3n) is 2.95. The molecule has 0 bridgehead atoms. The second kappa shape index (κ2) is 6.81. The van der Waals surface area contributed by atoms with E-state index in [4.69, 9.17) is 0 Å². The molecule has 0 radical (unpaired) electrons. The van der Waals surface area contributed by atoms with Gasteiger partial charge in [0, 0.05) is 21.8 Å². The summed E-state index contributed by atoms with van der Waals surface area (Å²) in [5, 5.41) is 5.17. The van der Waals surface area contributed by atoms with Crippen LogP contribution in [0.5, 0.6) is 5.75 Å². The summed E-state index contributed by atoms with van der Waals surface area (Å²) in [6.07, 6.45) is -3.90. The molecule has 0 aliphatic carbocycles. The van der Waals surface area contributed by atoms with E-state index in [2.05, 4.69) is 26.0 Å². The largest absolute Gasteiger partial charge is 0.573 e. The summed E-state index contributed by atoms with van der Waals surface area (Å²) in [4.78, 5) is 1.19. The van der Waals surface area contributed by atoms with Crippen LogP contribution in [0.25, 0.3) is 0 Å². The van der Waals surface area contributed by atoms with Crippen molar-refractivity contribution in [2.45, 2.75) is 18.8 Å². The molecule has 0 aliphatic heterocycles. The summed E-state index contributed by atoms with van der Waals surface area (Å²) >= 11 is 5.12. The predicted octanol–water partition coefficient (Wildman–Crippen LogP) is 4.91. The Morgan fingerprint density at radius 1 is 1.24 bits per heavy atom. The summed E-state index contributed by atoms with van der Waals surface area (Å²) in [6, 6.07) is 7.95. The number of hydrogen-bond acceptors (Lipinski definition) is 3. The lowest BCUT2D eigenvalue weighted by Crippen LogP contribution is -2.19. The number of hydrogen-bond donors (Lipinski definition) is 1. The third-order valence-corrected chi connectivity index (χ3v) is 4.89. The van der Waals surface area contributed by atoms with Gasteiger partial charge < -0.3 is 10.1 Å². The minimum Gasteiger partial charge on any atom is -0.406 e. The molecule has 1 aromatic carbocycles. The molecule has 2 nitrogen and oxygen atoms in total. The molecule has 0 saturated heterocycles. The van der Waals surface area contributed by atoms with Crippen molar-refractivity contribution in [3.8, 4) is 5.75 Å². The van der Waals surface area contributed by atoms with E-state index in [1.165, 1.54) is 17.0 Å². The Hall–Kier alpha value is -1.05. The highest BCUT2D eigenvalue weighted by molar-refractivity contribution is 9.10. The van der Waals surface area contributed by atoms with Crippen LogP contribution in [-0.4, -0.2) is 13.4 Å². The van der Waals surface area contributed by atoms with Crippen LogP contribution < -0.4 is 10.1 Å². The normalized spacial score (nSPS) is 13.2. The highest BCUT2D eigenvalue weighted by Crippen LogP contribution is 2.29. The van der Waals surface area contributed by atoms with Gasteiger partial charge in [0.25, 0.3) is 0 Å². The smallest absolute Gasteiger partial charge is 0.406 e. The minimum atomic E-state index is -4.66. The summed E-state index contributed by atoms with van der Waals surface area (Å²) < 4.78 is 41.3. The van der Waals surface area contributed by atoms with Crippen LogP contribution in [0.3, 0.4) is 0 Å². The molecule has 0 saturated carbocycles. The second-order valence-electron chi connectivity index (χ2n) is 4.35. The monoisotopic (exact) mass is 379 g/mol. The maximum absolute atomic E-state index is 12.1. The van der Waals surface area contributed by atoms with E-state index in [9.17, 15) is 13.2 Å². The number of nitrogens with one attached hydrogen (secondary N) is 1. The molecular weight excluding hydrogens is 367 g/mol. The van der Waals surface area contributed by atoms with E-state index in [-0.39, 0.29) is 11.8 Å². The first kappa shape index (κ1) is 16.3. The molecule has 0 aliphatic rings. The highest BCUT2D eigenvalue weighted by Gasteiger charge is 2.31. The van der Waals surface area contributed by atoms with Crippen molar-refractivity contribution in [1.82, 2.24) is 5.32 Å². The van der Waals surface area contributed by atoms with E-state index in [1.807, 2.05) is 18.5 Å². The van der Waals surface area contributed by atoms with E-state index in [1.54, 1.807) is 23.5 Å². The number of rotatable bonds is 5. The van der Waals surface area contributed by atoms with E-state index >= 15 is 0 Å². The van der Waals surface area contributed by atoms with Crippen LogP contribution in [-0.2, 0) is 6.42 Å². The molecule has 1 N–H and O–H groups in total. The SMILES string of the molecule is CNC(Cc1sccc1Br)c1ccc(OC(F)(F)F)cc1. The number of benzene rings is 1. The highest BCUT2D eigenvalue weighted by atomic mass is 79.9. The molecule has 114 valence electrons. The molecule has 7 heteroatoms. The Bertz CT molecular complexity index is 583. The zero-order chi connectivity index (χ0) is 15.5. The van der Waals surface area contributed by atoms with Crippen LogP contribution in [0.1, 0.15) is 16.5 Å². The Balaban J connectivity index is 2.10. The number of halogens is 4. The summed E-state index contributed by atoms with van der Waals surface area (Å²) in [6.45, 7) is 0. The van der Waals surface area contributed by atoms with E-state index in [0.717, 1.165) is 16.5 Å². The molecule has 1 aromatic heterocycles. The van der Waals surface area contributed by atoms with Gasteiger partial charge in [-0.15, -0.1) is 24.5 Å². The van der Waals surface area contributed by atoms with Gasteiger partial charge in [0.05, 0.1) is 0 Å². The first-order chi connectivity index (χ1) is 9.89. The standard InChI is InChI=1S/C14H13BrF3NOS/c1-19-12(8-13-11(15)6-7-21-13)9-2-4-10(5-3-9)20-14(16,17)18/h2-7,12,19H,8H2,1H3. The summed E-state index contributed by atoms with van der Waals surface area (Å²) in [5.74, 6) is -0.210. The topological polar surface area (TPSA) is 21.3 Å². The molecule has 0 spiro atoms. The van der Waals surface area contributed by atoms with Gasteiger partial charge in [-0.1, -0.05) is 12.1 Å². The van der Waals surface area contributed by atoms with Gasteiger partial charge >= 0.3 is 6.36 Å². The maximum Gasteiger partial charge on any atom is 0.573 e. The summed E-state index contributed by atoms with van der Waals surface area (Å²) in [5.41, 5.74) is 0.910. The molecule has 2 aromatic rings. The van der Waals surface area contributed by atoms with Crippen LogP contribution in [0, 0.1) is 0 Å². The van der Waals surface area contributed by atoms with Crippen molar-refractivity contribution >= 4 is 27.3 Å². The van der Waals surface area contributed by atoms with Gasteiger partial charge in [-0.05, 0) is 52.1 Å². The molecule has 21 heavy (non-hydrogen) atoms. The Labute approximate surface area is 133 Å². The quantitative estimate of drug-likeness (QED) is 0.796. The van der Waals surface area contributed by atoms with Gasteiger partial charge in [0.2, 0.25) is 0 Å². The van der Waals surface area contributed by atoms with Crippen molar-refractivity contribution < 1.29 is 17.9 Å². The van der Waals surface area contributed by atoms with Gasteiger partial charge in [-0.3, -0.25) is 0 Å². The average molecular weight is 380 g/mol. The van der Waals surface area contributed by atoms with Crippen molar-refractivity contribution in [2.24, 2.45) is 0 Å². The molecule has 1 heterocycles. The van der Waals surface area contributed by atoms with Gasteiger partial charge in [-0.2, -0.15) is 0 Å². The first-order valence-electron chi connectivity index (χ1n) is 6.14. The Morgan fingerprint density at radius 2 is 1.90 bits per heavy atom. The molecule has 0 fully saturated rings. The van der Waals surface area contributed by atoms with Crippen LogP contribution in [0.15, 0.2) is 40.2 Å². The van der Waals surface area contributed by atoms with Crippen molar-refractivity contribution in [1.29, 1.82) is 0 Å². The lowest BCUT2D eigenvalue weighted by Gasteiger charge is -2.17. The number of likely N-dealkylation sites (N-methyl/N-ethyl adjacent to an activating group) is 1. The fraction of sp³-hybridized carbons (Fsp3) is 0.286. The number of thiophene rings is 1. The second-order valence-corrected chi connectivity index (χ2v) is 6.21. The van der Waals surface area contributed by atoms with Crippen LogP contribution >= 0.6 is 27.3 Å². The van der Waals surface area contributed by atoms with Crippen molar-refractivity contribution in [3.05, 3.63) is 50.6 Å². The third kappa shape index (κ3) is 4.72. The lowest BCUT2D eigenvalue weighted by molar-refractivity contribution is -0.274. The zero-order valence-corrected chi connectivity index (χ0v) is 13.5. The van der Waals surface area contributed by atoms with Crippen LogP contribution in [0.2, 0.25) is 0 Å². The molecule has 1 unspecified atom stereocenters. The molecule has 2 rings (SSSR count).